The number of aromatic nitrogens is 4. The van der Waals surface area contributed by atoms with Crippen molar-refractivity contribution in [1.29, 1.82) is 0 Å². The second-order valence-electron chi connectivity index (χ2n) is 9.35. The number of imidazole rings is 1. The van der Waals surface area contributed by atoms with Crippen LogP contribution in [0.4, 0.5) is 0 Å². The Morgan fingerprint density at radius 1 is 1.16 bits per heavy atom. The molecule has 0 radical (unpaired) electrons. The molecule has 3 heterocycles. The van der Waals surface area contributed by atoms with Crippen LogP contribution in [0.1, 0.15) is 35.7 Å². The van der Waals surface area contributed by atoms with E-state index in [1.54, 1.807) is 24.4 Å². The summed E-state index contributed by atoms with van der Waals surface area (Å²) in [4.78, 5) is 23.9. The molecule has 0 saturated carbocycles. The van der Waals surface area contributed by atoms with Gasteiger partial charge in [0, 0.05) is 42.6 Å². The minimum absolute atomic E-state index is 0.0692. The highest BCUT2D eigenvalue weighted by atomic mass is 35.5. The van der Waals surface area contributed by atoms with Gasteiger partial charge in [-0.2, -0.15) is 4.98 Å². The SMILES string of the molecule is Cc1nccn1Cc1cccc(CNC(=O)C2CCCN(Cc3nc(-c4ccc(Cl)cc4Cl)no3)C2)c1. The molecule has 5 rings (SSSR count). The molecule has 1 saturated heterocycles. The molecule has 1 aliphatic rings. The molecule has 10 heteroatoms. The first-order valence-corrected chi connectivity index (χ1v) is 13.0. The fourth-order valence-electron chi connectivity index (χ4n) is 4.64. The second kappa shape index (κ2) is 11.5. The highest BCUT2D eigenvalue weighted by Crippen LogP contribution is 2.29. The fraction of sp³-hybridized carbons (Fsp3) is 0.333. The maximum Gasteiger partial charge on any atom is 0.241 e. The van der Waals surface area contributed by atoms with Crippen LogP contribution in [0.25, 0.3) is 11.4 Å². The third kappa shape index (κ3) is 6.39. The Hall–Kier alpha value is -3.20. The Morgan fingerprint density at radius 3 is 2.84 bits per heavy atom. The number of hydrogen-bond acceptors (Lipinski definition) is 6. The number of hydrogen-bond donors (Lipinski definition) is 1. The van der Waals surface area contributed by atoms with Gasteiger partial charge in [-0.1, -0.05) is 52.6 Å². The molecule has 8 nitrogen and oxygen atoms in total. The number of nitrogens with one attached hydrogen (secondary N) is 1. The molecule has 0 bridgehead atoms. The van der Waals surface area contributed by atoms with Crippen molar-refractivity contribution in [3.8, 4) is 11.4 Å². The van der Waals surface area contributed by atoms with Crippen LogP contribution in [-0.4, -0.2) is 43.6 Å². The van der Waals surface area contributed by atoms with Crippen molar-refractivity contribution >= 4 is 29.1 Å². The number of carbonyl (C=O) groups is 1. The fourth-order valence-corrected chi connectivity index (χ4v) is 5.14. The Morgan fingerprint density at radius 2 is 2.03 bits per heavy atom. The molecule has 0 spiro atoms. The van der Waals surface area contributed by atoms with Crippen molar-refractivity contribution in [2.75, 3.05) is 13.1 Å². The van der Waals surface area contributed by atoms with Crippen LogP contribution in [0, 0.1) is 12.8 Å². The lowest BCUT2D eigenvalue weighted by Gasteiger charge is -2.30. The first kappa shape index (κ1) is 25.4. The largest absolute Gasteiger partial charge is 0.352 e. The van der Waals surface area contributed by atoms with Crippen LogP contribution >= 0.6 is 23.2 Å². The topological polar surface area (TPSA) is 89.1 Å². The minimum Gasteiger partial charge on any atom is -0.352 e. The van der Waals surface area contributed by atoms with Gasteiger partial charge in [0.25, 0.3) is 0 Å². The van der Waals surface area contributed by atoms with Crippen LogP contribution in [0.3, 0.4) is 0 Å². The molecule has 1 unspecified atom stereocenters. The van der Waals surface area contributed by atoms with E-state index in [0.29, 0.717) is 47.0 Å². The summed E-state index contributed by atoms with van der Waals surface area (Å²) >= 11 is 12.3. The van der Waals surface area contributed by atoms with E-state index < -0.39 is 0 Å². The van der Waals surface area contributed by atoms with Gasteiger partial charge in [0.15, 0.2) is 0 Å². The van der Waals surface area contributed by atoms with Crippen LogP contribution < -0.4 is 5.32 Å². The zero-order valence-electron chi connectivity index (χ0n) is 20.5. The smallest absolute Gasteiger partial charge is 0.241 e. The van der Waals surface area contributed by atoms with Crippen LogP contribution in [0.2, 0.25) is 10.0 Å². The minimum atomic E-state index is -0.0846. The number of rotatable bonds is 8. The van der Waals surface area contributed by atoms with Gasteiger partial charge in [-0.05, 0) is 55.6 Å². The summed E-state index contributed by atoms with van der Waals surface area (Å²) in [6.07, 6.45) is 5.57. The molecule has 1 fully saturated rings. The number of benzene rings is 2. The van der Waals surface area contributed by atoms with Crippen LogP contribution in [0.5, 0.6) is 0 Å². The summed E-state index contributed by atoms with van der Waals surface area (Å²) in [6, 6.07) is 13.5. The van der Waals surface area contributed by atoms with E-state index in [-0.39, 0.29) is 11.8 Å². The highest BCUT2D eigenvalue weighted by Gasteiger charge is 2.27. The molecule has 37 heavy (non-hydrogen) atoms. The molecule has 1 N–H and O–H groups in total. The Balaban J connectivity index is 1.14. The molecule has 1 aliphatic heterocycles. The van der Waals surface area contributed by atoms with E-state index in [1.165, 1.54) is 5.56 Å². The summed E-state index contributed by atoms with van der Waals surface area (Å²) in [5, 5.41) is 8.21. The van der Waals surface area contributed by atoms with E-state index in [2.05, 4.69) is 42.0 Å². The molecule has 4 aromatic rings. The number of amides is 1. The third-order valence-corrected chi connectivity index (χ3v) is 7.16. The molecular formula is C27H28Cl2N6O2. The quantitative estimate of drug-likeness (QED) is 0.334. The van der Waals surface area contributed by atoms with Crippen molar-refractivity contribution in [3.63, 3.8) is 0 Å². The molecule has 192 valence electrons. The van der Waals surface area contributed by atoms with E-state index in [4.69, 9.17) is 27.7 Å². The van der Waals surface area contributed by atoms with Gasteiger partial charge in [-0.25, -0.2) is 4.98 Å². The molecule has 2 aromatic heterocycles. The first-order valence-electron chi connectivity index (χ1n) is 12.3. The Kier molecular flexibility index (Phi) is 7.88. The van der Waals surface area contributed by atoms with Crippen molar-refractivity contribution in [1.82, 2.24) is 29.9 Å². The summed E-state index contributed by atoms with van der Waals surface area (Å²) in [7, 11) is 0. The van der Waals surface area contributed by atoms with Gasteiger partial charge in [0.05, 0.1) is 17.5 Å². The monoisotopic (exact) mass is 538 g/mol. The van der Waals surface area contributed by atoms with E-state index in [0.717, 1.165) is 37.3 Å². The van der Waals surface area contributed by atoms with Gasteiger partial charge < -0.3 is 14.4 Å². The lowest BCUT2D eigenvalue weighted by atomic mass is 9.97. The predicted octanol–water partition coefficient (Wildman–Crippen LogP) is 5.13. The van der Waals surface area contributed by atoms with E-state index in [1.807, 2.05) is 25.3 Å². The zero-order chi connectivity index (χ0) is 25.8. The number of aryl methyl sites for hydroxylation is 1. The van der Waals surface area contributed by atoms with Crippen molar-refractivity contribution in [3.05, 3.63) is 87.7 Å². The molecule has 1 amide bonds. The molecule has 0 aliphatic carbocycles. The Bertz CT molecular complexity index is 1380. The summed E-state index contributed by atoms with van der Waals surface area (Å²) in [5.41, 5.74) is 2.92. The van der Waals surface area contributed by atoms with E-state index >= 15 is 0 Å². The van der Waals surface area contributed by atoms with Crippen molar-refractivity contribution < 1.29 is 9.32 Å². The Labute approximate surface area is 225 Å². The second-order valence-corrected chi connectivity index (χ2v) is 10.2. The normalized spacial score (nSPS) is 16.1. The average Bonchev–Trinajstić information content (AvgIpc) is 3.51. The third-order valence-electron chi connectivity index (χ3n) is 6.61. The number of piperidine rings is 1. The number of nitrogens with zero attached hydrogens (tertiary/aromatic N) is 5. The molecular weight excluding hydrogens is 511 g/mol. The average molecular weight is 539 g/mol. The summed E-state index contributed by atoms with van der Waals surface area (Å²) < 4.78 is 7.57. The van der Waals surface area contributed by atoms with E-state index in [9.17, 15) is 4.79 Å². The predicted molar refractivity (Wildman–Crippen MR) is 142 cm³/mol. The van der Waals surface area contributed by atoms with Gasteiger partial charge >= 0.3 is 0 Å². The highest BCUT2D eigenvalue weighted by molar-refractivity contribution is 6.36. The molecule has 2 aromatic carbocycles. The van der Waals surface area contributed by atoms with Gasteiger partial charge in [-0.3, -0.25) is 9.69 Å². The summed E-state index contributed by atoms with van der Waals surface area (Å²) in [5.74, 6) is 1.88. The zero-order valence-corrected chi connectivity index (χ0v) is 22.0. The maximum atomic E-state index is 13.0. The standard InChI is InChI=1S/C27H28Cl2N6O2/c1-18-30-9-11-35(18)15-20-5-2-4-19(12-20)14-31-27(36)21-6-3-10-34(16-21)17-25-32-26(33-37-25)23-8-7-22(28)13-24(23)29/h2,4-5,7-9,11-13,21H,3,6,10,14-17H2,1H3,(H,31,36). The van der Waals surface area contributed by atoms with Gasteiger partial charge in [0.1, 0.15) is 5.82 Å². The maximum absolute atomic E-state index is 13.0. The first-order chi connectivity index (χ1) is 17.9. The van der Waals surface area contributed by atoms with Gasteiger partial charge in [0.2, 0.25) is 17.6 Å². The van der Waals surface area contributed by atoms with Crippen LogP contribution in [0.15, 0.2) is 59.4 Å². The summed E-state index contributed by atoms with van der Waals surface area (Å²) in [6.45, 7) is 5.25. The van der Waals surface area contributed by atoms with Crippen molar-refractivity contribution in [2.24, 2.45) is 5.92 Å². The van der Waals surface area contributed by atoms with Crippen LogP contribution in [-0.2, 0) is 24.4 Å². The van der Waals surface area contributed by atoms with Gasteiger partial charge in [-0.15, -0.1) is 0 Å². The lowest BCUT2D eigenvalue weighted by Crippen LogP contribution is -2.42. The number of carbonyl (C=O) groups excluding carboxylic acids is 1. The molecule has 1 atom stereocenters. The lowest BCUT2D eigenvalue weighted by molar-refractivity contribution is -0.127. The number of halogens is 2. The number of likely N-dealkylation sites (tertiary alicyclic amines) is 1. The van der Waals surface area contributed by atoms with Crippen molar-refractivity contribution in [2.45, 2.75) is 39.4 Å².